The summed E-state index contributed by atoms with van der Waals surface area (Å²) in [6.07, 6.45) is 3.97. The molecule has 17 heavy (non-hydrogen) atoms. The highest BCUT2D eigenvalue weighted by atomic mass is 32.2. The lowest BCUT2D eigenvalue weighted by Gasteiger charge is -2.34. The van der Waals surface area contributed by atoms with E-state index in [1.807, 2.05) is 0 Å². The first-order valence-corrected chi connectivity index (χ1v) is 7.72. The highest BCUT2D eigenvalue weighted by Crippen LogP contribution is 2.31. The van der Waals surface area contributed by atoms with E-state index in [9.17, 15) is 13.2 Å². The fourth-order valence-corrected chi connectivity index (χ4v) is 2.61. The average molecular weight is 258 g/mol. The van der Waals surface area contributed by atoms with Gasteiger partial charge in [-0.2, -0.15) is 5.26 Å². The van der Waals surface area contributed by atoms with Crippen molar-refractivity contribution in [3.63, 3.8) is 0 Å². The van der Waals surface area contributed by atoms with Gasteiger partial charge in [0.05, 0.1) is 6.07 Å². The van der Waals surface area contributed by atoms with E-state index in [1.54, 1.807) is 0 Å². The number of hydrogen-bond acceptors (Lipinski definition) is 4. The molecule has 0 saturated heterocycles. The predicted octanol–water partition coefficient (Wildman–Crippen LogP) is 0.620. The summed E-state index contributed by atoms with van der Waals surface area (Å²) >= 11 is 0. The number of carbonyl (C=O) groups excluding carboxylic acids is 1. The van der Waals surface area contributed by atoms with Crippen LogP contribution in [0, 0.1) is 17.2 Å². The molecule has 0 aromatic carbocycles. The maximum Gasteiger partial charge on any atom is 0.236 e. The van der Waals surface area contributed by atoms with Crippen molar-refractivity contribution >= 4 is 15.7 Å². The van der Waals surface area contributed by atoms with Crippen LogP contribution in [0.25, 0.3) is 0 Å². The number of hydrogen-bond donors (Lipinski definition) is 1. The van der Waals surface area contributed by atoms with Gasteiger partial charge in [0, 0.05) is 6.26 Å². The monoisotopic (exact) mass is 258 g/mol. The van der Waals surface area contributed by atoms with Crippen LogP contribution in [-0.4, -0.2) is 31.9 Å². The summed E-state index contributed by atoms with van der Waals surface area (Å²) in [6, 6.07) is 2.13. The van der Waals surface area contributed by atoms with E-state index in [2.05, 4.69) is 18.3 Å². The predicted molar refractivity (Wildman–Crippen MR) is 63.8 cm³/mol. The Labute approximate surface area is 102 Å². The van der Waals surface area contributed by atoms with Crippen molar-refractivity contribution in [2.75, 3.05) is 12.0 Å². The van der Waals surface area contributed by atoms with Gasteiger partial charge in [0.25, 0.3) is 0 Å². The molecule has 1 rings (SSSR count). The van der Waals surface area contributed by atoms with Crippen LogP contribution >= 0.6 is 0 Å². The number of nitrogens with one attached hydrogen (secondary N) is 1. The third-order valence-corrected chi connectivity index (χ3v) is 3.90. The molecule has 0 unspecified atom stereocenters. The molecule has 1 amide bonds. The van der Waals surface area contributed by atoms with E-state index >= 15 is 0 Å². The van der Waals surface area contributed by atoms with Gasteiger partial charge in [-0.1, -0.05) is 6.92 Å². The van der Waals surface area contributed by atoms with E-state index < -0.39 is 27.0 Å². The van der Waals surface area contributed by atoms with Crippen LogP contribution in [0.2, 0.25) is 0 Å². The first kappa shape index (κ1) is 14.0. The van der Waals surface area contributed by atoms with Gasteiger partial charge in [-0.15, -0.1) is 0 Å². The standard InChI is InChI=1S/C11H18N2O3S/c1-9-3-5-11(8-12,6-4-9)13-10(14)7-17(2,15)16/h9H,3-7H2,1-2H3,(H,13,14). The van der Waals surface area contributed by atoms with E-state index in [-0.39, 0.29) is 0 Å². The quantitative estimate of drug-likeness (QED) is 0.804. The molecule has 6 heteroatoms. The summed E-state index contributed by atoms with van der Waals surface area (Å²) in [6.45, 7) is 2.11. The minimum atomic E-state index is -3.34. The fraction of sp³-hybridized carbons (Fsp3) is 0.818. The molecule has 1 aliphatic rings. The van der Waals surface area contributed by atoms with E-state index in [1.165, 1.54) is 0 Å². The molecule has 1 saturated carbocycles. The molecule has 0 atom stereocenters. The van der Waals surface area contributed by atoms with Crippen molar-refractivity contribution in [1.82, 2.24) is 5.32 Å². The summed E-state index contributed by atoms with van der Waals surface area (Å²) in [7, 11) is -3.34. The summed E-state index contributed by atoms with van der Waals surface area (Å²) in [5.41, 5.74) is -0.867. The molecule has 1 N–H and O–H groups in total. The Morgan fingerprint density at radius 3 is 2.41 bits per heavy atom. The van der Waals surface area contributed by atoms with Crippen LogP contribution in [0.4, 0.5) is 0 Å². The van der Waals surface area contributed by atoms with E-state index in [4.69, 9.17) is 5.26 Å². The highest BCUT2D eigenvalue weighted by Gasteiger charge is 2.36. The third-order valence-electron chi connectivity index (χ3n) is 3.11. The molecule has 96 valence electrons. The Hall–Kier alpha value is -1.09. The van der Waals surface area contributed by atoms with Gasteiger partial charge in [0.15, 0.2) is 9.84 Å². The second-order valence-corrected chi connectivity index (χ2v) is 7.13. The third kappa shape index (κ3) is 4.35. The van der Waals surface area contributed by atoms with Crippen molar-refractivity contribution < 1.29 is 13.2 Å². The van der Waals surface area contributed by atoms with Crippen LogP contribution in [0.5, 0.6) is 0 Å². The van der Waals surface area contributed by atoms with Gasteiger partial charge in [0.1, 0.15) is 11.3 Å². The molecule has 1 aliphatic carbocycles. The minimum Gasteiger partial charge on any atom is -0.337 e. The van der Waals surface area contributed by atoms with Crippen molar-refractivity contribution in [1.29, 1.82) is 5.26 Å². The Kier molecular flexibility index (Phi) is 4.15. The zero-order valence-corrected chi connectivity index (χ0v) is 11.0. The fourth-order valence-electron chi connectivity index (χ4n) is 2.06. The molecule has 0 spiro atoms. The zero-order valence-electron chi connectivity index (χ0n) is 10.2. The normalized spacial score (nSPS) is 29.4. The zero-order chi connectivity index (χ0) is 13.1. The van der Waals surface area contributed by atoms with Gasteiger partial charge in [-0.3, -0.25) is 4.79 Å². The van der Waals surface area contributed by atoms with E-state index in [0.717, 1.165) is 19.1 Å². The Bertz CT molecular complexity index is 428. The lowest BCUT2D eigenvalue weighted by Crippen LogP contribution is -2.51. The molecule has 0 heterocycles. The lowest BCUT2D eigenvalue weighted by atomic mass is 9.78. The molecule has 5 nitrogen and oxygen atoms in total. The van der Waals surface area contributed by atoms with Crippen molar-refractivity contribution in [3.05, 3.63) is 0 Å². The lowest BCUT2D eigenvalue weighted by molar-refractivity contribution is -0.120. The van der Waals surface area contributed by atoms with Gasteiger partial charge in [-0.25, -0.2) is 8.42 Å². The summed E-state index contributed by atoms with van der Waals surface area (Å²) < 4.78 is 22.0. The van der Waals surface area contributed by atoms with Crippen molar-refractivity contribution in [3.8, 4) is 6.07 Å². The molecular formula is C11H18N2O3S. The van der Waals surface area contributed by atoms with Gasteiger partial charge in [-0.05, 0) is 31.6 Å². The molecule has 0 aromatic heterocycles. The smallest absolute Gasteiger partial charge is 0.236 e. The Morgan fingerprint density at radius 2 is 2.00 bits per heavy atom. The van der Waals surface area contributed by atoms with Crippen LogP contribution in [0.15, 0.2) is 0 Å². The van der Waals surface area contributed by atoms with Gasteiger partial charge in [0.2, 0.25) is 5.91 Å². The van der Waals surface area contributed by atoms with Crippen molar-refractivity contribution in [2.45, 2.75) is 38.1 Å². The highest BCUT2D eigenvalue weighted by molar-refractivity contribution is 7.91. The molecule has 0 aromatic rings. The summed E-state index contributed by atoms with van der Waals surface area (Å²) in [5, 5.41) is 11.7. The minimum absolute atomic E-state index is 0.550. The number of sulfone groups is 1. The molecule has 0 aliphatic heterocycles. The van der Waals surface area contributed by atoms with Gasteiger partial charge >= 0.3 is 0 Å². The van der Waals surface area contributed by atoms with E-state index in [0.29, 0.717) is 18.8 Å². The molecular weight excluding hydrogens is 240 g/mol. The van der Waals surface area contributed by atoms with Crippen LogP contribution < -0.4 is 5.32 Å². The maximum atomic E-state index is 11.5. The molecule has 0 radical (unpaired) electrons. The average Bonchev–Trinajstić information content (AvgIpc) is 2.19. The number of carbonyl (C=O) groups is 1. The van der Waals surface area contributed by atoms with Crippen LogP contribution in [0.1, 0.15) is 32.6 Å². The topological polar surface area (TPSA) is 87.0 Å². The number of nitrogens with zero attached hydrogens (tertiary/aromatic N) is 1. The summed E-state index contributed by atoms with van der Waals surface area (Å²) in [4.78, 5) is 11.5. The maximum absolute atomic E-state index is 11.5. The number of amides is 1. The Balaban J connectivity index is 2.65. The number of nitriles is 1. The Morgan fingerprint density at radius 1 is 1.47 bits per heavy atom. The van der Waals surface area contributed by atoms with Crippen LogP contribution in [-0.2, 0) is 14.6 Å². The largest absolute Gasteiger partial charge is 0.337 e. The van der Waals surface area contributed by atoms with Crippen molar-refractivity contribution in [2.24, 2.45) is 5.92 Å². The molecule has 1 fully saturated rings. The number of rotatable bonds is 3. The second-order valence-electron chi connectivity index (χ2n) is 4.99. The van der Waals surface area contributed by atoms with Crippen LogP contribution in [0.3, 0.4) is 0 Å². The first-order chi connectivity index (χ1) is 7.76. The first-order valence-electron chi connectivity index (χ1n) is 5.66. The van der Waals surface area contributed by atoms with Gasteiger partial charge < -0.3 is 5.32 Å². The second kappa shape index (κ2) is 5.05. The summed E-state index contributed by atoms with van der Waals surface area (Å²) in [5.74, 6) is -0.571. The SMILES string of the molecule is CC1CCC(C#N)(NC(=O)CS(C)(=O)=O)CC1. The molecule has 0 bridgehead atoms.